The molecule has 0 saturated carbocycles. The Morgan fingerprint density at radius 3 is 2.62 bits per heavy atom. The molecule has 0 aromatic carbocycles. The number of hydrogen-bond donors (Lipinski definition) is 0. The van der Waals surface area contributed by atoms with Crippen molar-refractivity contribution in [3.05, 3.63) is 47.2 Å². The van der Waals surface area contributed by atoms with Gasteiger partial charge in [-0.2, -0.15) is 0 Å². The molecule has 0 aliphatic carbocycles. The van der Waals surface area contributed by atoms with E-state index in [-0.39, 0.29) is 0 Å². The molecule has 2 rings (SSSR count). The fourth-order valence-corrected chi connectivity index (χ4v) is 1.48. The van der Waals surface area contributed by atoms with Crippen LogP contribution < -0.4 is 0 Å². The Morgan fingerprint density at radius 2 is 2.00 bits per heavy atom. The Morgan fingerprint density at radius 1 is 1.23 bits per heavy atom. The van der Waals surface area contributed by atoms with E-state index in [1.54, 1.807) is 18.6 Å². The lowest BCUT2D eigenvalue weighted by atomic mass is 10.3. The van der Waals surface area contributed by atoms with Gasteiger partial charge in [-0.1, -0.05) is 0 Å². The first kappa shape index (κ1) is 8.44. The number of hydrogen-bond acceptors (Lipinski definition) is 2. The lowest BCUT2D eigenvalue weighted by Gasteiger charge is -2.02. The highest BCUT2D eigenvalue weighted by molar-refractivity contribution is 9.10. The molecule has 2 heterocycles. The molecule has 0 unspecified atom stereocenters. The van der Waals surface area contributed by atoms with Crippen LogP contribution >= 0.6 is 15.9 Å². The second kappa shape index (κ2) is 3.70. The minimum absolute atomic E-state index is 0.823. The van der Waals surface area contributed by atoms with Crippen LogP contribution in [0.2, 0.25) is 0 Å². The molecular formula is C9H8BrN3. The topological polar surface area (TPSA) is 30.7 Å². The molecule has 13 heavy (non-hydrogen) atoms. The van der Waals surface area contributed by atoms with Crippen molar-refractivity contribution in [1.29, 1.82) is 0 Å². The van der Waals surface area contributed by atoms with Gasteiger partial charge in [-0.3, -0.25) is 4.98 Å². The van der Waals surface area contributed by atoms with E-state index >= 15 is 0 Å². The smallest absolute Gasteiger partial charge is 0.177 e. The van der Waals surface area contributed by atoms with Gasteiger partial charge in [0.05, 0.1) is 0 Å². The molecule has 0 N–H and O–H groups in total. The summed E-state index contributed by atoms with van der Waals surface area (Å²) in [4.78, 5) is 8.04. The summed E-state index contributed by atoms with van der Waals surface area (Å²) in [7, 11) is 0. The Bertz CT molecular complexity index is 383. The van der Waals surface area contributed by atoms with Gasteiger partial charge in [0.15, 0.2) is 4.73 Å². The summed E-state index contributed by atoms with van der Waals surface area (Å²) in [5.74, 6) is 0. The zero-order valence-corrected chi connectivity index (χ0v) is 8.48. The van der Waals surface area contributed by atoms with Crippen molar-refractivity contribution in [1.82, 2.24) is 14.5 Å². The van der Waals surface area contributed by atoms with E-state index in [0.717, 1.165) is 11.3 Å². The third kappa shape index (κ3) is 1.95. The summed E-state index contributed by atoms with van der Waals surface area (Å²) >= 11 is 3.36. The van der Waals surface area contributed by atoms with Gasteiger partial charge in [0, 0.05) is 31.3 Å². The molecule has 0 saturated heterocycles. The van der Waals surface area contributed by atoms with Crippen LogP contribution in [0.3, 0.4) is 0 Å². The predicted molar refractivity (Wildman–Crippen MR) is 53.3 cm³/mol. The number of rotatable bonds is 2. The lowest BCUT2D eigenvalue weighted by molar-refractivity contribution is 0.773. The van der Waals surface area contributed by atoms with Crippen molar-refractivity contribution < 1.29 is 0 Å². The fourth-order valence-electron chi connectivity index (χ4n) is 1.11. The maximum Gasteiger partial charge on any atom is 0.177 e. The zero-order valence-electron chi connectivity index (χ0n) is 6.89. The van der Waals surface area contributed by atoms with E-state index in [1.165, 1.54) is 5.56 Å². The third-order valence-electron chi connectivity index (χ3n) is 1.77. The van der Waals surface area contributed by atoms with E-state index in [0.29, 0.717) is 0 Å². The molecule has 2 aromatic rings. The molecule has 0 spiro atoms. The minimum atomic E-state index is 0.823. The second-order valence-electron chi connectivity index (χ2n) is 2.68. The van der Waals surface area contributed by atoms with E-state index < -0.39 is 0 Å². The quantitative estimate of drug-likeness (QED) is 0.801. The fraction of sp³-hybridized carbons (Fsp3) is 0.111. The molecule has 0 aliphatic heterocycles. The van der Waals surface area contributed by atoms with Crippen LogP contribution in [0.1, 0.15) is 5.56 Å². The first-order chi connectivity index (χ1) is 6.36. The molecule has 3 nitrogen and oxygen atoms in total. The highest BCUT2D eigenvalue weighted by atomic mass is 79.9. The molecule has 0 aliphatic rings. The van der Waals surface area contributed by atoms with Crippen LogP contribution in [0.25, 0.3) is 0 Å². The number of halogens is 1. The molecule has 0 fully saturated rings. The van der Waals surface area contributed by atoms with Crippen molar-refractivity contribution in [2.24, 2.45) is 0 Å². The van der Waals surface area contributed by atoms with Crippen molar-refractivity contribution in [3.63, 3.8) is 0 Å². The number of nitrogens with zero attached hydrogens (tertiary/aromatic N) is 3. The molecule has 0 radical (unpaired) electrons. The van der Waals surface area contributed by atoms with E-state index in [9.17, 15) is 0 Å². The highest BCUT2D eigenvalue weighted by Crippen LogP contribution is 2.09. The van der Waals surface area contributed by atoms with Crippen molar-refractivity contribution in [2.45, 2.75) is 6.54 Å². The average molecular weight is 238 g/mol. The SMILES string of the molecule is Brc1nccn1Cc1ccncc1. The van der Waals surface area contributed by atoms with Crippen molar-refractivity contribution in [3.8, 4) is 0 Å². The van der Waals surface area contributed by atoms with Crippen LogP contribution in [-0.4, -0.2) is 14.5 Å². The molecular weight excluding hydrogens is 230 g/mol. The molecule has 2 aromatic heterocycles. The van der Waals surface area contributed by atoms with Gasteiger partial charge < -0.3 is 4.57 Å². The van der Waals surface area contributed by atoms with Gasteiger partial charge in [0.2, 0.25) is 0 Å². The van der Waals surface area contributed by atoms with Gasteiger partial charge in [-0.25, -0.2) is 4.98 Å². The van der Waals surface area contributed by atoms with Gasteiger partial charge in [0.1, 0.15) is 0 Å². The third-order valence-corrected chi connectivity index (χ3v) is 2.43. The summed E-state index contributed by atoms with van der Waals surface area (Å²) in [5, 5.41) is 0. The van der Waals surface area contributed by atoms with Crippen molar-refractivity contribution in [2.75, 3.05) is 0 Å². The lowest BCUT2D eigenvalue weighted by Crippen LogP contribution is -1.98. The van der Waals surface area contributed by atoms with Crippen molar-refractivity contribution >= 4 is 15.9 Å². The second-order valence-corrected chi connectivity index (χ2v) is 3.39. The van der Waals surface area contributed by atoms with Crippen LogP contribution in [0.5, 0.6) is 0 Å². The van der Waals surface area contributed by atoms with Gasteiger partial charge in [0.25, 0.3) is 0 Å². The molecule has 0 amide bonds. The largest absolute Gasteiger partial charge is 0.321 e. The van der Waals surface area contributed by atoms with Crippen LogP contribution in [-0.2, 0) is 6.54 Å². The maximum atomic E-state index is 4.08. The Balaban J connectivity index is 2.20. The van der Waals surface area contributed by atoms with Crippen LogP contribution in [0.15, 0.2) is 41.7 Å². The van der Waals surface area contributed by atoms with Gasteiger partial charge >= 0.3 is 0 Å². The maximum absolute atomic E-state index is 4.08. The predicted octanol–water partition coefficient (Wildman–Crippen LogP) is 2.09. The normalized spacial score (nSPS) is 10.2. The summed E-state index contributed by atoms with van der Waals surface area (Å²) in [5.41, 5.74) is 1.22. The van der Waals surface area contributed by atoms with E-state index in [2.05, 4.69) is 25.9 Å². The monoisotopic (exact) mass is 237 g/mol. The number of pyridine rings is 1. The molecule has 66 valence electrons. The minimum Gasteiger partial charge on any atom is -0.321 e. The number of aromatic nitrogens is 3. The Kier molecular flexibility index (Phi) is 2.40. The van der Waals surface area contributed by atoms with Gasteiger partial charge in [-0.05, 0) is 33.6 Å². The zero-order chi connectivity index (χ0) is 9.10. The Hall–Kier alpha value is -1.16. The van der Waals surface area contributed by atoms with Crippen LogP contribution in [0.4, 0.5) is 0 Å². The van der Waals surface area contributed by atoms with Crippen LogP contribution in [0, 0.1) is 0 Å². The first-order valence-electron chi connectivity index (χ1n) is 3.92. The van der Waals surface area contributed by atoms with Gasteiger partial charge in [-0.15, -0.1) is 0 Å². The molecule has 0 atom stereocenters. The Labute approximate surface area is 84.6 Å². The van der Waals surface area contributed by atoms with E-state index in [4.69, 9.17) is 0 Å². The average Bonchev–Trinajstić information content (AvgIpc) is 2.54. The first-order valence-corrected chi connectivity index (χ1v) is 4.71. The number of imidazole rings is 1. The molecule has 4 heteroatoms. The standard InChI is InChI=1S/C9H8BrN3/c10-9-12-5-6-13(9)7-8-1-3-11-4-2-8/h1-6H,7H2. The highest BCUT2D eigenvalue weighted by Gasteiger charge is 1.98. The summed E-state index contributed by atoms with van der Waals surface area (Å²) in [6, 6.07) is 3.98. The molecule has 0 bridgehead atoms. The summed E-state index contributed by atoms with van der Waals surface area (Å²) in [6.45, 7) is 0.823. The summed E-state index contributed by atoms with van der Waals surface area (Å²) < 4.78 is 2.87. The summed E-state index contributed by atoms with van der Waals surface area (Å²) in [6.07, 6.45) is 7.29. The van der Waals surface area contributed by atoms with E-state index in [1.807, 2.05) is 22.9 Å².